The topological polar surface area (TPSA) is 45.2 Å². The van der Waals surface area contributed by atoms with E-state index in [1.165, 1.54) is 0 Å². The smallest absolute Gasteiger partial charge is 0.347 e. The van der Waals surface area contributed by atoms with Gasteiger partial charge in [0.2, 0.25) is 5.91 Å². The lowest BCUT2D eigenvalue weighted by atomic mass is 9.97. The molecule has 1 N–H and O–H groups in total. The molecule has 0 aromatic carbocycles. The van der Waals surface area contributed by atoms with Crippen molar-refractivity contribution >= 4 is 17.2 Å². The van der Waals surface area contributed by atoms with E-state index >= 15 is 0 Å². The van der Waals surface area contributed by atoms with Gasteiger partial charge in [-0.05, 0) is 26.3 Å². The number of hydrogen-bond donors (Lipinski definition) is 1. The van der Waals surface area contributed by atoms with E-state index in [9.17, 15) is 18.0 Å². The monoisotopic (exact) mass is 321 g/mol. The quantitative estimate of drug-likeness (QED) is 0.926. The number of nitrogens with zero attached hydrogens (tertiary/aromatic N) is 2. The Balaban J connectivity index is 1.84. The van der Waals surface area contributed by atoms with Crippen LogP contribution in [0.15, 0.2) is 5.38 Å². The third kappa shape index (κ3) is 5.28. The molecule has 21 heavy (non-hydrogen) atoms. The Morgan fingerprint density at radius 1 is 1.57 bits per heavy atom. The molecule has 1 aliphatic rings. The van der Waals surface area contributed by atoms with Crippen LogP contribution in [0.5, 0.6) is 0 Å². The number of rotatable bonds is 4. The molecule has 1 aromatic rings. The molecule has 1 aliphatic heterocycles. The summed E-state index contributed by atoms with van der Waals surface area (Å²) in [5.74, 6) is -0.882. The van der Waals surface area contributed by atoms with E-state index in [0.717, 1.165) is 23.7 Å². The van der Waals surface area contributed by atoms with Crippen LogP contribution in [0.4, 0.5) is 13.2 Å². The van der Waals surface area contributed by atoms with Crippen LogP contribution in [0.2, 0.25) is 0 Å². The van der Waals surface area contributed by atoms with Crippen molar-refractivity contribution in [2.24, 2.45) is 5.92 Å². The Labute approximate surface area is 125 Å². The molecule has 0 bridgehead atoms. The minimum atomic E-state index is -4.36. The van der Waals surface area contributed by atoms with Gasteiger partial charge in [0.1, 0.15) is 6.54 Å². The summed E-state index contributed by atoms with van der Waals surface area (Å²) >= 11 is 1.57. The fourth-order valence-corrected chi connectivity index (χ4v) is 3.06. The molecule has 0 aliphatic carbocycles. The lowest BCUT2D eigenvalue weighted by molar-refractivity contribution is -0.141. The zero-order chi connectivity index (χ0) is 15.5. The van der Waals surface area contributed by atoms with E-state index in [1.807, 2.05) is 17.6 Å². The molecule has 1 amide bonds. The number of thiazole rings is 1. The fraction of sp³-hybridized carbons (Fsp3) is 0.692. The van der Waals surface area contributed by atoms with Crippen molar-refractivity contribution < 1.29 is 18.0 Å². The van der Waals surface area contributed by atoms with Gasteiger partial charge in [0, 0.05) is 18.5 Å². The molecule has 2 heterocycles. The van der Waals surface area contributed by atoms with Crippen LogP contribution < -0.4 is 5.32 Å². The van der Waals surface area contributed by atoms with Crippen LogP contribution in [0.1, 0.15) is 23.5 Å². The van der Waals surface area contributed by atoms with E-state index in [2.05, 4.69) is 9.88 Å². The number of nitrogens with one attached hydrogen (secondary N) is 1. The molecule has 4 nitrogen and oxygen atoms in total. The van der Waals surface area contributed by atoms with Gasteiger partial charge >= 0.3 is 6.18 Å². The minimum Gasteiger partial charge on any atom is -0.347 e. The summed E-state index contributed by atoms with van der Waals surface area (Å²) < 4.78 is 36.4. The van der Waals surface area contributed by atoms with E-state index in [1.54, 1.807) is 11.3 Å². The zero-order valence-electron chi connectivity index (χ0n) is 11.7. The molecule has 2 rings (SSSR count). The van der Waals surface area contributed by atoms with E-state index < -0.39 is 18.6 Å². The molecule has 0 spiro atoms. The summed E-state index contributed by atoms with van der Waals surface area (Å²) in [6.07, 6.45) is -2.91. The van der Waals surface area contributed by atoms with Crippen molar-refractivity contribution in [1.82, 2.24) is 15.2 Å². The van der Waals surface area contributed by atoms with Gasteiger partial charge in [-0.25, -0.2) is 4.98 Å². The van der Waals surface area contributed by atoms with Gasteiger partial charge in [-0.2, -0.15) is 13.2 Å². The second kappa shape index (κ2) is 6.74. The summed E-state index contributed by atoms with van der Waals surface area (Å²) in [5.41, 5.74) is 0.953. The van der Waals surface area contributed by atoms with Gasteiger partial charge in [-0.3, -0.25) is 9.69 Å². The van der Waals surface area contributed by atoms with Gasteiger partial charge < -0.3 is 5.32 Å². The molecular formula is C13H18F3N3OS. The lowest BCUT2D eigenvalue weighted by Gasteiger charge is -2.31. The average Bonchev–Trinajstić information content (AvgIpc) is 2.81. The summed E-state index contributed by atoms with van der Waals surface area (Å²) in [7, 11) is 0. The van der Waals surface area contributed by atoms with Crippen LogP contribution in [0.3, 0.4) is 0 Å². The van der Waals surface area contributed by atoms with Crippen molar-refractivity contribution in [2.75, 3.05) is 19.6 Å². The summed E-state index contributed by atoms with van der Waals surface area (Å²) in [6, 6.07) is 0. The zero-order valence-corrected chi connectivity index (χ0v) is 12.6. The number of aromatic nitrogens is 1. The molecule has 0 radical (unpaired) electrons. The highest BCUT2D eigenvalue weighted by Crippen LogP contribution is 2.20. The first kappa shape index (κ1) is 16.2. The maximum absolute atomic E-state index is 12.1. The number of aryl methyl sites for hydroxylation is 1. The molecule has 1 saturated heterocycles. The van der Waals surface area contributed by atoms with Crippen LogP contribution in [-0.4, -0.2) is 41.6 Å². The first-order valence-electron chi connectivity index (χ1n) is 6.81. The number of hydrogen-bond acceptors (Lipinski definition) is 4. The number of alkyl halides is 3. The third-order valence-corrected chi connectivity index (χ3v) is 4.21. The first-order chi connectivity index (χ1) is 9.83. The molecule has 0 saturated carbocycles. The van der Waals surface area contributed by atoms with Crippen LogP contribution in [0, 0.1) is 12.8 Å². The third-order valence-electron chi connectivity index (χ3n) is 3.39. The van der Waals surface area contributed by atoms with Crippen molar-refractivity contribution in [1.29, 1.82) is 0 Å². The molecule has 1 unspecified atom stereocenters. The minimum absolute atomic E-state index is 0.374. The standard InChI is InChI=1S/C13H18F3N3OS/c1-9-18-11(7-21-9)6-19-4-2-3-10(5-19)12(20)17-8-13(14,15)16/h7,10H,2-6,8H2,1H3,(H,17,20). The Morgan fingerprint density at radius 2 is 2.33 bits per heavy atom. The lowest BCUT2D eigenvalue weighted by Crippen LogP contribution is -2.44. The van der Waals surface area contributed by atoms with E-state index in [4.69, 9.17) is 0 Å². The predicted molar refractivity (Wildman–Crippen MR) is 73.9 cm³/mol. The fourth-order valence-electron chi connectivity index (χ4n) is 2.45. The van der Waals surface area contributed by atoms with Gasteiger partial charge in [0.05, 0.1) is 16.6 Å². The molecule has 1 atom stereocenters. The number of carbonyl (C=O) groups excluding carboxylic acids is 1. The SMILES string of the molecule is Cc1nc(CN2CCCC(C(=O)NCC(F)(F)F)C2)cs1. The number of piperidine rings is 1. The van der Waals surface area contributed by atoms with Gasteiger partial charge in [0.25, 0.3) is 0 Å². The maximum Gasteiger partial charge on any atom is 0.405 e. The van der Waals surface area contributed by atoms with Crippen molar-refractivity contribution in [3.05, 3.63) is 16.1 Å². The number of carbonyl (C=O) groups is 1. The second-order valence-electron chi connectivity index (χ2n) is 5.27. The van der Waals surface area contributed by atoms with Crippen molar-refractivity contribution in [3.63, 3.8) is 0 Å². The molecular weight excluding hydrogens is 303 g/mol. The van der Waals surface area contributed by atoms with Crippen molar-refractivity contribution in [2.45, 2.75) is 32.5 Å². The van der Waals surface area contributed by atoms with Crippen LogP contribution >= 0.6 is 11.3 Å². The highest BCUT2D eigenvalue weighted by atomic mass is 32.1. The maximum atomic E-state index is 12.1. The number of likely N-dealkylation sites (tertiary alicyclic amines) is 1. The predicted octanol–water partition coefficient (Wildman–Crippen LogP) is 2.34. The highest BCUT2D eigenvalue weighted by molar-refractivity contribution is 7.09. The van der Waals surface area contributed by atoms with Gasteiger partial charge in [-0.15, -0.1) is 11.3 Å². The first-order valence-corrected chi connectivity index (χ1v) is 7.69. The second-order valence-corrected chi connectivity index (χ2v) is 6.33. The Morgan fingerprint density at radius 3 is 2.95 bits per heavy atom. The Hall–Kier alpha value is -1.15. The van der Waals surface area contributed by atoms with Gasteiger partial charge in [-0.1, -0.05) is 0 Å². The number of amides is 1. The molecule has 118 valence electrons. The van der Waals surface area contributed by atoms with Crippen LogP contribution in [-0.2, 0) is 11.3 Å². The van der Waals surface area contributed by atoms with Crippen molar-refractivity contribution in [3.8, 4) is 0 Å². The van der Waals surface area contributed by atoms with E-state index in [-0.39, 0.29) is 5.92 Å². The Bertz CT molecular complexity index is 489. The number of halogens is 3. The van der Waals surface area contributed by atoms with E-state index in [0.29, 0.717) is 19.5 Å². The Kier molecular flexibility index (Phi) is 5.21. The van der Waals surface area contributed by atoms with Crippen LogP contribution in [0.25, 0.3) is 0 Å². The average molecular weight is 321 g/mol. The molecule has 1 aromatic heterocycles. The summed E-state index contributed by atoms with van der Waals surface area (Å²) in [4.78, 5) is 18.2. The summed E-state index contributed by atoms with van der Waals surface area (Å²) in [5, 5.41) is 4.94. The molecule has 1 fully saturated rings. The van der Waals surface area contributed by atoms with Gasteiger partial charge in [0.15, 0.2) is 0 Å². The normalized spacial score (nSPS) is 20.5. The molecule has 8 heteroatoms. The summed E-state index contributed by atoms with van der Waals surface area (Å²) in [6.45, 7) is 2.65. The highest BCUT2D eigenvalue weighted by Gasteiger charge is 2.31. The largest absolute Gasteiger partial charge is 0.405 e.